The Morgan fingerprint density at radius 1 is 1.73 bits per heavy atom. The van der Waals surface area contributed by atoms with Crippen molar-refractivity contribution in [3.63, 3.8) is 0 Å². The number of rotatable bonds is 2. The zero-order valence-corrected chi connectivity index (χ0v) is 6.20. The molecule has 11 heavy (non-hydrogen) atoms. The molecule has 0 amide bonds. The molecular weight excluding hydrogens is 144 g/mol. The third-order valence-electron chi connectivity index (χ3n) is 1.34. The van der Waals surface area contributed by atoms with E-state index in [-0.39, 0.29) is 0 Å². The first-order chi connectivity index (χ1) is 5.20. The van der Waals surface area contributed by atoms with Crippen molar-refractivity contribution in [3.05, 3.63) is 22.9 Å². The molecule has 0 radical (unpaired) electrons. The zero-order valence-electron chi connectivity index (χ0n) is 6.20. The van der Waals surface area contributed by atoms with E-state index in [1.54, 1.807) is 7.05 Å². The second-order valence-electron chi connectivity index (χ2n) is 1.98. The molecule has 1 aromatic rings. The van der Waals surface area contributed by atoms with Crippen LogP contribution in [0.15, 0.2) is 20.8 Å². The van der Waals surface area contributed by atoms with Gasteiger partial charge in [-0.15, -0.1) is 0 Å². The summed E-state index contributed by atoms with van der Waals surface area (Å²) in [4.78, 5) is 14.4. The molecule has 0 aromatic carbocycles. The van der Waals surface area contributed by atoms with E-state index in [9.17, 15) is 4.79 Å². The van der Waals surface area contributed by atoms with Gasteiger partial charge < -0.3 is 4.42 Å². The Bertz CT molecular complexity index is 346. The quantitative estimate of drug-likeness (QED) is 0.592. The third kappa shape index (κ3) is 1.02. The van der Waals surface area contributed by atoms with Crippen molar-refractivity contribution in [1.82, 2.24) is 4.57 Å². The minimum Gasteiger partial charge on any atom is -0.406 e. The molecule has 0 atom stereocenters. The van der Waals surface area contributed by atoms with Crippen molar-refractivity contribution in [2.75, 3.05) is 0 Å². The highest BCUT2D eigenvalue weighted by Crippen LogP contribution is 2.16. The predicted octanol–water partition coefficient (Wildman–Crippen LogP) is 0.953. The molecule has 0 saturated heterocycles. The maximum atomic E-state index is 10.8. The number of hydrogen-bond donors (Lipinski definition) is 0. The van der Waals surface area contributed by atoms with Crippen LogP contribution in [0.5, 0.6) is 0 Å². The summed E-state index contributed by atoms with van der Waals surface area (Å²) in [5, 5.41) is 0. The van der Waals surface area contributed by atoms with Crippen LogP contribution in [0.3, 0.4) is 0 Å². The standard InChI is InChI=1S/C7H8N2O2/c1-4-5-6(8-2)9(3)7(10)11-5/h4H,1-2H2,3H3. The van der Waals surface area contributed by atoms with Crippen molar-refractivity contribution in [1.29, 1.82) is 0 Å². The first kappa shape index (κ1) is 7.53. The van der Waals surface area contributed by atoms with Gasteiger partial charge in [0, 0.05) is 7.05 Å². The molecule has 1 heterocycles. The summed E-state index contributed by atoms with van der Waals surface area (Å²) >= 11 is 0. The Hall–Kier alpha value is -1.58. The van der Waals surface area contributed by atoms with Crippen molar-refractivity contribution < 1.29 is 4.42 Å². The van der Waals surface area contributed by atoms with E-state index in [1.165, 1.54) is 10.6 Å². The van der Waals surface area contributed by atoms with Gasteiger partial charge in [-0.3, -0.25) is 4.57 Å². The van der Waals surface area contributed by atoms with Gasteiger partial charge in [0.05, 0.1) is 0 Å². The van der Waals surface area contributed by atoms with Gasteiger partial charge >= 0.3 is 5.76 Å². The van der Waals surface area contributed by atoms with Crippen LogP contribution in [-0.2, 0) is 7.05 Å². The van der Waals surface area contributed by atoms with E-state index in [1.807, 2.05) is 0 Å². The third-order valence-corrected chi connectivity index (χ3v) is 1.34. The summed E-state index contributed by atoms with van der Waals surface area (Å²) in [6.07, 6.45) is 1.42. The van der Waals surface area contributed by atoms with Crippen molar-refractivity contribution in [2.24, 2.45) is 12.0 Å². The SMILES string of the molecule is C=Cc1oc(=O)n(C)c1N=C. The van der Waals surface area contributed by atoms with E-state index >= 15 is 0 Å². The largest absolute Gasteiger partial charge is 0.420 e. The zero-order chi connectivity index (χ0) is 8.43. The summed E-state index contributed by atoms with van der Waals surface area (Å²) in [5.41, 5.74) is 0. The predicted molar refractivity (Wildman–Crippen MR) is 43.2 cm³/mol. The molecule has 0 aliphatic heterocycles. The van der Waals surface area contributed by atoms with Gasteiger partial charge in [0.1, 0.15) is 0 Å². The molecule has 1 rings (SSSR count). The van der Waals surface area contributed by atoms with Crippen LogP contribution >= 0.6 is 0 Å². The fraction of sp³-hybridized carbons (Fsp3) is 0.143. The summed E-state index contributed by atoms with van der Waals surface area (Å²) in [5.74, 6) is 0.305. The first-order valence-corrected chi connectivity index (χ1v) is 2.99. The lowest BCUT2D eigenvalue weighted by molar-refractivity contribution is 0.488. The molecule has 0 bridgehead atoms. The minimum atomic E-state index is -0.456. The summed E-state index contributed by atoms with van der Waals surface area (Å²) in [7, 11) is 1.56. The lowest BCUT2D eigenvalue weighted by atomic mass is 10.4. The Labute approximate surface area is 63.5 Å². The number of hydrogen-bond acceptors (Lipinski definition) is 3. The summed E-state index contributed by atoms with van der Waals surface area (Å²) in [6.45, 7) is 6.76. The van der Waals surface area contributed by atoms with Gasteiger partial charge in [0.15, 0.2) is 11.6 Å². The van der Waals surface area contributed by atoms with Crippen LogP contribution in [0.2, 0.25) is 0 Å². The van der Waals surface area contributed by atoms with E-state index in [0.717, 1.165) is 0 Å². The molecule has 4 heteroatoms. The molecule has 0 unspecified atom stereocenters. The van der Waals surface area contributed by atoms with Crippen molar-refractivity contribution >= 4 is 18.6 Å². The van der Waals surface area contributed by atoms with Crippen LogP contribution in [0.25, 0.3) is 6.08 Å². The lowest BCUT2D eigenvalue weighted by Gasteiger charge is -1.89. The Morgan fingerprint density at radius 2 is 2.36 bits per heavy atom. The van der Waals surface area contributed by atoms with Gasteiger partial charge in [-0.25, -0.2) is 9.79 Å². The van der Waals surface area contributed by atoms with E-state index < -0.39 is 5.76 Å². The van der Waals surface area contributed by atoms with Gasteiger partial charge in [0.2, 0.25) is 0 Å². The van der Waals surface area contributed by atoms with Gasteiger partial charge in [-0.2, -0.15) is 0 Å². The topological polar surface area (TPSA) is 47.5 Å². The fourth-order valence-electron chi connectivity index (χ4n) is 0.777. The maximum absolute atomic E-state index is 10.8. The highest BCUT2D eigenvalue weighted by Gasteiger charge is 2.08. The Balaban J connectivity index is 3.49. The highest BCUT2D eigenvalue weighted by molar-refractivity contribution is 5.56. The molecule has 0 aliphatic carbocycles. The van der Waals surface area contributed by atoms with Crippen LogP contribution in [0, 0.1) is 0 Å². The Kier molecular flexibility index (Phi) is 1.76. The first-order valence-electron chi connectivity index (χ1n) is 2.99. The molecule has 1 aromatic heterocycles. The molecule has 0 spiro atoms. The highest BCUT2D eigenvalue weighted by atomic mass is 16.4. The second-order valence-corrected chi connectivity index (χ2v) is 1.98. The molecule has 0 fully saturated rings. The fourth-order valence-corrected chi connectivity index (χ4v) is 0.777. The van der Waals surface area contributed by atoms with Gasteiger partial charge in [-0.05, 0) is 12.8 Å². The number of aliphatic imine (C=N–C) groups is 1. The number of oxazole rings is 1. The molecule has 4 nitrogen and oxygen atoms in total. The molecule has 58 valence electrons. The lowest BCUT2D eigenvalue weighted by Crippen LogP contribution is -2.07. The Morgan fingerprint density at radius 3 is 2.73 bits per heavy atom. The number of aromatic nitrogens is 1. The van der Waals surface area contributed by atoms with Gasteiger partial charge in [-0.1, -0.05) is 6.58 Å². The summed E-state index contributed by atoms with van der Waals surface area (Å²) < 4.78 is 6.01. The van der Waals surface area contributed by atoms with Crippen LogP contribution in [0.1, 0.15) is 5.76 Å². The average molecular weight is 152 g/mol. The average Bonchev–Trinajstić information content (AvgIpc) is 2.28. The van der Waals surface area contributed by atoms with Crippen LogP contribution in [0.4, 0.5) is 5.82 Å². The van der Waals surface area contributed by atoms with Crippen LogP contribution < -0.4 is 5.76 Å². The van der Waals surface area contributed by atoms with E-state index in [0.29, 0.717) is 11.6 Å². The molecular formula is C7H8N2O2. The van der Waals surface area contributed by atoms with E-state index in [4.69, 9.17) is 4.42 Å². The van der Waals surface area contributed by atoms with Crippen LogP contribution in [-0.4, -0.2) is 11.3 Å². The smallest absolute Gasteiger partial charge is 0.406 e. The van der Waals surface area contributed by atoms with Crippen molar-refractivity contribution in [2.45, 2.75) is 0 Å². The molecule has 0 N–H and O–H groups in total. The minimum absolute atomic E-state index is 0.354. The maximum Gasteiger partial charge on any atom is 0.420 e. The summed E-state index contributed by atoms with van der Waals surface area (Å²) in [6, 6.07) is 0. The normalized spacial score (nSPS) is 9.55. The molecule has 0 aliphatic rings. The van der Waals surface area contributed by atoms with Crippen molar-refractivity contribution in [3.8, 4) is 0 Å². The monoisotopic (exact) mass is 152 g/mol. The number of nitrogens with zero attached hydrogens (tertiary/aromatic N) is 2. The van der Waals surface area contributed by atoms with Gasteiger partial charge in [0.25, 0.3) is 0 Å². The van der Waals surface area contributed by atoms with E-state index in [2.05, 4.69) is 18.3 Å². The second kappa shape index (κ2) is 2.57. The molecule has 0 saturated carbocycles.